The molecule has 0 aliphatic carbocycles. The molecule has 0 unspecified atom stereocenters. The van der Waals surface area contributed by atoms with E-state index in [1.807, 2.05) is 30.3 Å². The Morgan fingerprint density at radius 1 is 1.25 bits per heavy atom. The second kappa shape index (κ2) is 5.38. The number of fused-ring (bicyclic) bond motifs is 1. The summed E-state index contributed by atoms with van der Waals surface area (Å²) >= 11 is 0. The molecule has 0 aliphatic rings. The van der Waals surface area contributed by atoms with Crippen molar-refractivity contribution < 1.29 is 13.2 Å². The molecule has 6 heteroatoms. The number of sulfonamides is 1. The summed E-state index contributed by atoms with van der Waals surface area (Å²) in [5, 5.41) is 5.99. The third-order valence-corrected chi connectivity index (χ3v) is 4.00. The Balaban J connectivity index is 2.17. The van der Waals surface area contributed by atoms with Crippen LogP contribution in [0.2, 0.25) is 0 Å². The van der Waals surface area contributed by atoms with Gasteiger partial charge in [-0.3, -0.25) is 4.98 Å². The summed E-state index contributed by atoms with van der Waals surface area (Å²) in [6.45, 7) is 3.87. The SMILES string of the molecule is CC(C)(COc1cccc2ncccc12)CS(N)(=O)=O. The molecule has 1 aromatic carbocycles. The molecular formula is C14H18N2O3S. The zero-order valence-corrected chi connectivity index (χ0v) is 12.4. The van der Waals surface area contributed by atoms with Gasteiger partial charge in [0, 0.05) is 17.0 Å². The van der Waals surface area contributed by atoms with Crippen molar-refractivity contribution in [2.24, 2.45) is 10.6 Å². The molecule has 108 valence electrons. The first-order valence-electron chi connectivity index (χ1n) is 6.24. The Hall–Kier alpha value is -1.66. The molecule has 0 amide bonds. The maximum Gasteiger partial charge on any atom is 0.209 e. The number of aromatic nitrogens is 1. The average molecular weight is 294 g/mol. The molecule has 0 atom stereocenters. The smallest absolute Gasteiger partial charge is 0.209 e. The van der Waals surface area contributed by atoms with E-state index >= 15 is 0 Å². The normalized spacial score (nSPS) is 12.6. The highest BCUT2D eigenvalue weighted by molar-refractivity contribution is 7.89. The molecule has 0 radical (unpaired) electrons. The maximum atomic E-state index is 11.2. The number of ether oxygens (including phenoxy) is 1. The van der Waals surface area contributed by atoms with Crippen LogP contribution in [0, 0.1) is 5.41 Å². The lowest BCUT2D eigenvalue weighted by Gasteiger charge is -2.23. The van der Waals surface area contributed by atoms with Crippen LogP contribution in [-0.4, -0.2) is 25.8 Å². The molecular weight excluding hydrogens is 276 g/mol. The van der Waals surface area contributed by atoms with E-state index in [0.29, 0.717) is 5.75 Å². The molecule has 0 spiro atoms. The average Bonchev–Trinajstić information content (AvgIpc) is 2.33. The third-order valence-electron chi connectivity index (χ3n) is 2.82. The summed E-state index contributed by atoms with van der Waals surface area (Å²) in [6, 6.07) is 9.36. The molecule has 2 N–H and O–H groups in total. The molecule has 20 heavy (non-hydrogen) atoms. The van der Waals surface area contributed by atoms with Crippen LogP contribution < -0.4 is 9.88 Å². The van der Waals surface area contributed by atoms with Gasteiger partial charge in [0.2, 0.25) is 10.0 Å². The summed E-state index contributed by atoms with van der Waals surface area (Å²) < 4.78 is 28.1. The van der Waals surface area contributed by atoms with Crippen molar-refractivity contribution in [1.82, 2.24) is 4.98 Å². The number of primary sulfonamides is 1. The van der Waals surface area contributed by atoms with E-state index in [2.05, 4.69) is 4.98 Å². The van der Waals surface area contributed by atoms with Crippen LogP contribution in [0.3, 0.4) is 0 Å². The van der Waals surface area contributed by atoms with E-state index in [1.54, 1.807) is 20.0 Å². The maximum absolute atomic E-state index is 11.2. The van der Waals surface area contributed by atoms with Crippen molar-refractivity contribution in [3.63, 3.8) is 0 Å². The first kappa shape index (κ1) is 14.7. The highest BCUT2D eigenvalue weighted by Crippen LogP contribution is 2.26. The summed E-state index contributed by atoms with van der Waals surface area (Å²) in [7, 11) is -3.52. The van der Waals surface area contributed by atoms with Crippen molar-refractivity contribution in [3.8, 4) is 5.75 Å². The van der Waals surface area contributed by atoms with Gasteiger partial charge >= 0.3 is 0 Å². The van der Waals surface area contributed by atoms with Crippen molar-refractivity contribution >= 4 is 20.9 Å². The molecule has 0 saturated heterocycles. The summed E-state index contributed by atoms with van der Waals surface area (Å²) in [5.74, 6) is 0.571. The summed E-state index contributed by atoms with van der Waals surface area (Å²) in [5.41, 5.74) is 0.284. The number of nitrogens with zero attached hydrogens (tertiary/aromatic N) is 1. The molecule has 5 nitrogen and oxygen atoms in total. The number of rotatable bonds is 5. The fraction of sp³-hybridized carbons (Fsp3) is 0.357. The Kier molecular flexibility index (Phi) is 3.96. The topological polar surface area (TPSA) is 82.3 Å². The predicted octanol–water partition coefficient (Wildman–Crippen LogP) is 1.93. The van der Waals surface area contributed by atoms with E-state index in [-0.39, 0.29) is 12.4 Å². The lowest BCUT2D eigenvalue weighted by Crippen LogP contribution is -2.33. The molecule has 0 bridgehead atoms. The van der Waals surface area contributed by atoms with E-state index in [4.69, 9.17) is 9.88 Å². The largest absolute Gasteiger partial charge is 0.492 e. The lowest BCUT2D eigenvalue weighted by molar-refractivity contribution is 0.202. The van der Waals surface area contributed by atoms with Gasteiger partial charge in [0.1, 0.15) is 5.75 Å². The fourth-order valence-electron chi connectivity index (χ4n) is 2.06. The molecule has 2 rings (SSSR count). The lowest BCUT2D eigenvalue weighted by atomic mass is 9.98. The zero-order valence-electron chi connectivity index (χ0n) is 11.5. The van der Waals surface area contributed by atoms with E-state index < -0.39 is 15.4 Å². The van der Waals surface area contributed by atoms with Gasteiger partial charge in [0.15, 0.2) is 0 Å². The Morgan fingerprint density at radius 3 is 2.70 bits per heavy atom. The Bertz CT molecular complexity index is 706. The number of nitrogens with two attached hydrogens (primary N) is 1. The van der Waals surface area contributed by atoms with Gasteiger partial charge in [-0.1, -0.05) is 19.9 Å². The predicted molar refractivity (Wildman–Crippen MR) is 79.0 cm³/mol. The van der Waals surface area contributed by atoms with Crippen LogP contribution in [0.1, 0.15) is 13.8 Å². The number of hydrogen-bond acceptors (Lipinski definition) is 4. The molecule has 2 aromatic rings. The van der Waals surface area contributed by atoms with Gasteiger partial charge in [-0.05, 0) is 24.3 Å². The molecule has 1 aromatic heterocycles. The van der Waals surface area contributed by atoms with Crippen LogP contribution in [-0.2, 0) is 10.0 Å². The van der Waals surface area contributed by atoms with Crippen molar-refractivity contribution in [1.29, 1.82) is 0 Å². The minimum Gasteiger partial charge on any atom is -0.492 e. The highest BCUT2D eigenvalue weighted by atomic mass is 32.2. The van der Waals surface area contributed by atoms with Gasteiger partial charge in [-0.2, -0.15) is 0 Å². The van der Waals surface area contributed by atoms with Crippen molar-refractivity contribution in [3.05, 3.63) is 36.5 Å². The molecule has 0 aliphatic heterocycles. The number of benzene rings is 1. The zero-order chi connectivity index (χ0) is 14.8. The van der Waals surface area contributed by atoms with E-state index in [9.17, 15) is 8.42 Å². The summed E-state index contributed by atoms with van der Waals surface area (Å²) in [6.07, 6.45) is 1.72. The second-order valence-corrected chi connectivity index (χ2v) is 7.20. The van der Waals surface area contributed by atoms with E-state index in [0.717, 1.165) is 10.9 Å². The third kappa shape index (κ3) is 3.91. The molecule has 0 fully saturated rings. The Morgan fingerprint density at radius 2 is 2.00 bits per heavy atom. The van der Waals surface area contributed by atoms with E-state index in [1.165, 1.54) is 0 Å². The first-order valence-corrected chi connectivity index (χ1v) is 7.95. The van der Waals surface area contributed by atoms with Crippen LogP contribution in [0.15, 0.2) is 36.5 Å². The minimum atomic E-state index is -3.52. The molecule has 0 saturated carbocycles. The van der Waals surface area contributed by atoms with Crippen LogP contribution >= 0.6 is 0 Å². The minimum absolute atomic E-state index is 0.122. The van der Waals surface area contributed by atoms with Crippen LogP contribution in [0.25, 0.3) is 10.9 Å². The number of hydrogen-bond donors (Lipinski definition) is 1. The van der Waals surface area contributed by atoms with Gasteiger partial charge in [0.25, 0.3) is 0 Å². The van der Waals surface area contributed by atoms with Crippen LogP contribution in [0.5, 0.6) is 5.75 Å². The van der Waals surface area contributed by atoms with Crippen molar-refractivity contribution in [2.75, 3.05) is 12.4 Å². The Labute approximate surface area is 118 Å². The van der Waals surface area contributed by atoms with Gasteiger partial charge in [-0.25, -0.2) is 13.6 Å². The van der Waals surface area contributed by atoms with Crippen LogP contribution in [0.4, 0.5) is 0 Å². The fourth-order valence-corrected chi connectivity index (χ4v) is 3.23. The van der Waals surface area contributed by atoms with Gasteiger partial charge in [0.05, 0.1) is 17.9 Å². The number of pyridine rings is 1. The second-order valence-electron chi connectivity index (χ2n) is 5.59. The monoisotopic (exact) mass is 294 g/mol. The summed E-state index contributed by atoms with van der Waals surface area (Å²) in [4.78, 5) is 4.25. The quantitative estimate of drug-likeness (QED) is 0.913. The molecule has 1 heterocycles. The van der Waals surface area contributed by atoms with Gasteiger partial charge in [-0.15, -0.1) is 0 Å². The van der Waals surface area contributed by atoms with Gasteiger partial charge < -0.3 is 4.74 Å². The first-order chi connectivity index (χ1) is 9.27. The van der Waals surface area contributed by atoms with Crippen molar-refractivity contribution in [2.45, 2.75) is 13.8 Å². The standard InChI is InChI=1S/C14H18N2O3S/c1-14(2,10-20(15,17)18)9-19-13-7-3-6-12-11(13)5-4-8-16-12/h3-8H,9-10H2,1-2H3,(H2,15,17,18). The highest BCUT2D eigenvalue weighted by Gasteiger charge is 2.25.